The summed E-state index contributed by atoms with van der Waals surface area (Å²) in [6.45, 7) is 5.79. The van der Waals surface area contributed by atoms with Crippen LogP contribution in [-0.2, 0) is 11.3 Å². The van der Waals surface area contributed by atoms with Crippen LogP contribution >= 0.6 is 0 Å². The molecular weight excluding hydrogens is 392 g/mol. The zero-order valence-corrected chi connectivity index (χ0v) is 18.2. The standard InChI is InChI=1S/C24H28N4O3/c1-16-10-11-21(31-3)20(13-16)25-22(29)15-28-24(30)19-9-5-4-8-18(19)23(26-28)27-12-6-7-17(2)14-27/h4-5,8-11,13,17H,6-7,12,14-15H2,1-3H3,(H,25,29)/t17-/m0/s1. The molecule has 2 aromatic carbocycles. The Morgan fingerprint density at radius 3 is 2.74 bits per heavy atom. The van der Waals surface area contributed by atoms with Gasteiger partial charge in [-0.05, 0) is 49.4 Å². The van der Waals surface area contributed by atoms with E-state index in [0.29, 0.717) is 22.7 Å². The Labute approximate surface area is 181 Å². The number of carbonyl (C=O) groups excluding carboxylic acids is 1. The van der Waals surface area contributed by atoms with E-state index in [0.717, 1.165) is 36.3 Å². The lowest BCUT2D eigenvalue weighted by Gasteiger charge is -2.32. The first-order valence-corrected chi connectivity index (χ1v) is 10.7. The van der Waals surface area contributed by atoms with Crippen LogP contribution in [0, 0.1) is 12.8 Å². The fourth-order valence-electron chi connectivity index (χ4n) is 4.19. The summed E-state index contributed by atoms with van der Waals surface area (Å²) in [6.07, 6.45) is 2.28. The monoisotopic (exact) mass is 420 g/mol. The smallest absolute Gasteiger partial charge is 0.275 e. The maximum absolute atomic E-state index is 13.1. The van der Waals surface area contributed by atoms with Gasteiger partial charge in [0.05, 0.1) is 18.2 Å². The van der Waals surface area contributed by atoms with E-state index in [-0.39, 0.29) is 18.0 Å². The van der Waals surface area contributed by atoms with Gasteiger partial charge in [-0.1, -0.05) is 31.2 Å². The summed E-state index contributed by atoms with van der Waals surface area (Å²) in [4.78, 5) is 28.1. The Kier molecular flexibility index (Phi) is 5.93. The van der Waals surface area contributed by atoms with Crippen LogP contribution in [0.2, 0.25) is 0 Å². The zero-order valence-electron chi connectivity index (χ0n) is 18.2. The number of nitrogens with one attached hydrogen (secondary N) is 1. The minimum Gasteiger partial charge on any atom is -0.495 e. The van der Waals surface area contributed by atoms with E-state index in [1.807, 2.05) is 37.3 Å². The Bertz CT molecular complexity index is 1170. The van der Waals surface area contributed by atoms with Crippen molar-refractivity contribution in [1.82, 2.24) is 9.78 Å². The average Bonchev–Trinajstić information content (AvgIpc) is 2.76. The predicted molar refractivity (Wildman–Crippen MR) is 123 cm³/mol. The van der Waals surface area contributed by atoms with E-state index >= 15 is 0 Å². The van der Waals surface area contributed by atoms with Crippen molar-refractivity contribution in [1.29, 1.82) is 0 Å². The fourth-order valence-corrected chi connectivity index (χ4v) is 4.19. The van der Waals surface area contributed by atoms with Crippen LogP contribution in [0.3, 0.4) is 0 Å². The van der Waals surface area contributed by atoms with Crippen LogP contribution in [0.15, 0.2) is 47.3 Å². The molecule has 0 saturated carbocycles. The van der Waals surface area contributed by atoms with Gasteiger partial charge in [0.1, 0.15) is 12.3 Å². The number of nitrogens with zero attached hydrogens (tertiary/aromatic N) is 3. The van der Waals surface area contributed by atoms with Gasteiger partial charge in [-0.15, -0.1) is 0 Å². The third-order valence-electron chi connectivity index (χ3n) is 5.73. The Hall–Kier alpha value is -3.35. The number of aryl methyl sites for hydroxylation is 1. The second kappa shape index (κ2) is 8.79. The quantitative estimate of drug-likeness (QED) is 0.683. The van der Waals surface area contributed by atoms with Crippen molar-refractivity contribution in [2.75, 3.05) is 30.4 Å². The minimum absolute atomic E-state index is 0.169. The Morgan fingerprint density at radius 2 is 2.00 bits per heavy atom. The Balaban J connectivity index is 1.68. The van der Waals surface area contributed by atoms with E-state index in [2.05, 4.69) is 22.2 Å². The van der Waals surface area contributed by atoms with Gasteiger partial charge in [0.2, 0.25) is 5.91 Å². The molecule has 7 heteroatoms. The SMILES string of the molecule is COc1ccc(C)cc1NC(=O)Cn1nc(N2CCC[C@H](C)C2)c2ccccc2c1=O. The third-order valence-corrected chi connectivity index (χ3v) is 5.73. The van der Waals surface area contributed by atoms with Crippen LogP contribution in [0.4, 0.5) is 11.5 Å². The van der Waals surface area contributed by atoms with Crippen molar-refractivity contribution in [3.8, 4) is 5.75 Å². The van der Waals surface area contributed by atoms with E-state index in [1.54, 1.807) is 19.2 Å². The number of carbonyl (C=O) groups is 1. The molecule has 31 heavy (non-hydrogen) atoms. The molecule has 3 aromatic rings. The summed E-state index contributed by atoms with van der Waals surface area (Å²) in [6, 6.07) is 13.1. The van der Waals surface area contributed by atoms with Crippen LogP contribution in [0.25, 0.3) is 10.8 Å². The molecule has 1 aromatic heterocycles. The minimum atomic E-state index is -0.327. The first-order valence-electron chi connectivity index (χ1n) is 10.7. The third kappa shape index (κ3) is 4.40. The van der Waals surface area contributed by atoms with Crippen molar-refractivity contribution < 1.29 is 9.53 Å². The molecule has 4 rings (SSSR count). The summed E-state index contributed by atoms with van der Waals surface area (Å²) in [5, 5.41) is 8.90. The molecule has 1 atom stereocenters. The largest absolute Gasteiger partial charge is 0.495 e. The maximum Gasteiger partial charge on any atom is 0.275 e. The number of amides is 1. The topological polar surface area (TPSA) is 76.5 Å². The van der Waals surface area contributed by atoms with Crippen molar-refractivity contribution in [2.45, 2.75) is 33.2 Å². The lowest BCUT2D eigenvalue weighted by Crippen LogP contribution is -2.38. The highest BCUT2D eigenvalue weighted by Gasteiger charge is 2.22. The molecule has 1 aliphatic rings. The number of anilines is 2. The fraction of sp³-hybridized carbons (Fsp3) is 0.375. The number of fused-ring (bicyclic) bond motifs is 1. The van der Waals surface area contributed by atoms with Gasteiger partial charge in [0.25, 0.3) is 5.56 Å². The van der Waals surface area contributed by atoms with Crippen molar-refractivity contribution >= 4 is 28.2 Å². The van der Waals surface area contributed by atoms with Gasteiger partial charge in [-0.3, -0.25) is 9.59 Å². The number of ether oxygens (including phenoxy) is 1. The normalized spacial score (nSPS) is 16.4. The molecule has 1 N–H and O–H groups in total. The summed E-state index contributed by atoms with van der Waals surface area (Å²) in [5.41, 5.74) is 1.31. The van der Waals surface area contributed by atoms with Crippen molar-refractivity contribution in [3.05, 3.63) is 58.4 Å². The van der Waals surface area contributed by atoms with Crippen molar-refractivity contribution in [3.63, 3.8) is 0 Å². The molecule has 0 unspecified atom stereocenters. The highest BCUT2D eigenvalue weighted by molar-refractivity contribution is 5.94. The first-order chi connectivity index (χ1) is 15.0. The molecule has 0 spiro atoms. The van der Waals surface area contributed by atoms with E-state index in [1.165, 1.54) is 11.1 Å². The van der Waals surface area contributed by atoms with Crippen molar-refractivity contribution in [2.24, 2.45) is 5.92 Å². The van der Waals surface area contributed by atoms with Gasteiger partial charge in [0.15, 0.2) is 5.82 Å². The number of hydrogen-bond donors (Lipinski definition) is 1. The second-order valence-electron chi connectivity index (χ2n) is 8.28. The number of aromatic nitrogens is 2. The average molecular weight is 421 g/mol. The summed E-state index contributed by atoms with van der Waals surface area (Å²) < 4.78 is 6.61. The molecule has 1 amide bonds. The Morgan fingerprint density at radius 1 is 1.23 bits per heavy atom. The van der Waals surface area contributed by atoms with Crippen LogP contribution < -0.4 is 20.5 Å². The molecule has 1 saturated heterocycles. The number of methoxy groups -OCH3 is 1. The highest BCUT2D eigenvalue weighted by atomic mass is 16.5. The van der Waals surface area contributed by atoms with Gasteiger partial charge < -0.3 is 15.0 Å². The predicted octanol–water partition coefficient (Wildman–Crippen LogP) is 3.59. The van der Waals surface area contributed by atoms with E-state index in [4.69, 9.17) is 4.74 Å². The molecule has 0 radical (unpaired) electrons. The lowest BCUT2D eigenvalue weighted by molar-refractivity contribution is -0.117. The van der Waals surface area contributed by atoms with Gasteiger partial charge >= 0.3 is 0 Å². The highest BCUT2D eigenvalue weighted by Crippen LogP contribution is 2.27. The molecule has 0 bridgehead atoms. The van der Waals surface area contributed by atoms with Crippen LogP contribution in [-0.4, -0.2) is 35.9 Å². The number of hydrogen-bond acceptors (Lipinski definition) is 5. The number of benzene rings is 2. The first kappa shape index (κ1) is 20.9. The second-order valence-corrected chi connectivity index (χ2v) is 8.28. The molecule has 162 valence electrons. The van der Waals surface area contributed by atoms with Crippen LogP contribution in [0.1, 0.15) is 25.3 Å². The molecule has 1 fully saturated rings. The molecule has 1 aliphatic heterocycles. The summed E-state index contributed by atoms with van der Waals surface area (Å²) >= 11 is 0. The molecular formula is C24H28N4O3. The van der Waals surface area contributed by atoms with Gasteiger partial charge in [-0.2, -0.15) is 5.10 Å². The van der Waals surface area contributed by atoms with Crippen LogP contribution in [0.5, 0.6) is 5.75 Å². The number of rotatable bonds is 5. The molecule has 0 aliphatic carbocycles. The zero-order chi connectivity index (χ0) is 22.0. The molecule has 7 nitrogen and oxygen atoms in total. The molecule has 2 heterocycles. The lowest BCUT2D eigenvalue weighted by atomic mass is 10.00. The van der Waals surface area contributed by atoms with Gasteiger partial charge in [0, 0.05) is 18.5 Å². The summed E-state index contributed by atoms with van der Waals surface area (Å²) in [7, 11) is 1.56. The maximum atomic E-state index is 13.1. The number of piperidine rings is 1. The summed E-state index contributed by atoms with van der Waals surface area (Å²) in [5.74, 6) is 1.57. The van der Waals surface area contributed by atoms with Gasteiger partial charge in [-0.25, -0.2) is 4.68 Å². The van der Waals surface area contributed by atoms with E-state index < -0.39 is 0 Å². The van der Waals surface area contributed by atoms with E-state index in [9.17, 15) is 9.59 Å².